The third-order valence-corrected chi connectivity index (χ3v) is 4.08. The molecule has 2 rings (SSSR count). The SMILES string of the molecule is CCNc1nc(N2CCN(C(C)CC)CC2)c(F)cc1F. The highest BCUT2D eigenvalue weighted by Gasteiger charge is 2.24. The summed E-state index contributed by atoms with van der Waals surface area (Å²) in [6.45, 7) is 9.97. The molecule has 0 aromatic carbocycles. The topological polar surface area (TPSA) is 31.4 Å². The van der Waals surface area contributed by atoms with E-state index in [0.29, 0.717) is 25.7 Å². The van der Waals surface area contributed by atoms with Crippen LogP contribution in [0.4, 0.5) is 20.4 Å². The Kier molecular flexibility index (Phi) is 5.33. The molecule has 0 amide bonds. The van der Waals surface area contributed by atoms with Gasteiger partial charge in [0.15, 0.2) is 23.3 Å². The lowest BCUT2D eigenvalue weighted by molar-refractivity contribution is 0.192. The molecular formula is C15H24F2N4. The quantitative estimate of drug-likeness (QED) is 0.905. The summed E-state index contributed by atoms with van der Waals surface area (Å²) >= 11 is 0. The fraction of sp³-hybridized carbons (Fsp3) is 0.667. The Hall–Kier alpha value is -1.43. The van der Waals surface area contributed by atoms with Crippen LogP contribution < -0.4 is 10.2 Å². The van der Waals surface area contributed by atoms with Crippen LogP contribution in [0, 0.1) is 11.6 Å². The number of hydrogen-bond acceptors (Lipinski definition) is 4. The number of pyridine rings is 1. The molecule has 0 aliphatic carbocycles. The van der Waals surface area contributed by atoms with Crippen LogP contribution in [0.25, 0.3) is 0 Å². The molecular weight excluding hydrogens is 274 g/mol. The first-order valence-electron chi connectivity index (χ1n) is 7.65. The third-order valence-electron chi connectivity index (χ3n) is 4.08. The van der Waals surface area contributed by atoms with Crippen LogP contribution in [-0.4, -0.2) is 48.6 Å². The average molecular weight is 298 g/mol. The summed E-state index contributed by atoms with van der Waals surface area (Å²) in [4.78, 5) is 8.41. The number of rotatable bonds is 5. The summed E-state index contributed by atoms with van der Waals surface area (Å²) in [6, 6.07) is 1.46. The highest BCUT2D eigenvalue weighted by Crippen LogP contribution is 2.23. The highest BCUT2D eigenvalue weighted by atomic mass is 19.1. The van der Waals surface area contributed by atoms with E-state index in [2.05, 4.69) is 29.0 Å². The van der Waals surface area contributed by atoms with Gasteiger partial charge < -0.3 is 10.2 Å². The maximum absolute atomic E-state index is 14.0. The van der Waals surface area contributed by atoms with Crippen molar-refractivity contribution in [3.63, 3.8) is 0 Å². The zero-order chi connectivity index (χ0) is 15.4. The first-order chi connectivity index (χ1) is 10.1. The largest absolute Gasteiger partial charge is 0.368 e. The van der Waals surface area contributed by atoms with Crippen molar-refractivity contribution in [3.8, 4) is 0 Å². The smallest absolute Gasteiger partial charge is 0.168 e. The fourth-order valence-electron chi connectivity index (χ4n) is 2.60. The Balaban J connectivity index is 2.11. The highest BCUT2D eigenvalue weighted by molar-refractivity contribution is 5.49. The molecule has 1 aromatic rings. The number of halogens is 2. The molecule has 6 heteroatoms. The van der Waals surface area contributed by atoms with Crippen molar-refractivity contribution < 1.29 is 8.78 Å². The van der Waals surface area contributed by atoms with Gasteiger partial charge in [-0.25, -0.2) is 13.8 Å². The van der Waals surface area contributed by atoms with Gasteiger partial charge in [0.25, 0.3) is 0 Å². The van der Waals surface area contributed by atoms with E-state index in [9.17, 15) is 8.78 Å². The molecule has 1 aliphatic heterocycles. The van der Waals surface area contributed by atoms with Crippen LogP contribution in [-0.2, 0) is 0 Å². The summed E-state index contributed by atoms with van der Waals surface area (Å²) in [5, 5.41) is 2.83. The van der Waals surface area contributed by atoms with Crippen LogP contribution in [0.1, 0.15) is 27.2 Å². The van der Waals surface area contributed by atoms with Crippen LogP contribution in [0.5, 0.6) is 0 Å². The van der Waals surface area contributed by atoms with Gasteiger partial charge in [-0.05, 0) is 20.3 Å². The Labute approximate surface area is 125 Å². The van der Waals surface area contributed by atoms with Crippen molar-refractivity contribution in [2.24, 2.45) is 0 Å². The molecule has 0 spiro atoms. The predicted octanol–water partition coefficient (Wildman–Crippen LogP) is 2.71. The lowest BCUT2D eigenvalue weighted by Gasteiger charge is -2.38. The van der Waals surface area contributed by atoms with Crippen molar-refractivity contribution in [1.82, 2.24) is 9.88 Å². The average Bonchev–Trinajstić information content (AvgIpc) is 2.49. The van der Waals surface area contributed by atoms with E-state index in [1.807, 2.05) is 11.8 Å². The molecule has 1 atom stereocenters. The monoisotopic (exact) mass is 298 g/mol. The number of aromatic nitrogens is 1. The van der Waals surface area contributed by atoms with Crippen molar-refractivity contribution in [2.75, 3.05) is 42.9 Å². The van der Waals surface area contributed by atoms with Gasteiger partial charge in [-0.2, -0.15) is 0 Å². The molecule has 0 bridgehead atoms. The molecule has 1 aliphatic rings. The summed E-state index contributed by atoms with van der Waals surface area (Å²) < 4.78 is 27.6. The normalized spacial score (nSPS) is 17.9. The molecule has 1 fully saturated rings. The Bertz CT molecular complexity index is 473. The second kappa shape index (κ2) is 7.02. The fourth-order valence-corrected chi connectivity index (χ4v) is 2.60. The van der Waals surface area contributed by atoms with Crippen molar-refractivity contribution in [3.05, 3.63) is 17.7 Å². The van der Waals surface area contributed by atoms with Gasteiger partial charge in [-0.15, -0.1) is 0 Å². The van der Waals surface area contributed by atoms with E-state index in [0.717, 1.165) is 25.6 Å². The Morgan fingerprint density at radius 2 is 1.86 bits per heavy atom. The molecule has 0 saturated carbocycles. The van der Waals surface area contributed by atoms with E-state index in [1.165, 1.54) is 0 Å². The number of anilines is 2. The summed E-state index contributed by atoms with van der Waals surface area (Å²) in [5.41, 5.74) is 0. The number of piperazine rings is 1. The van der Waals surface area contributed by atoms with Gasteiger partial charge in [0.05, 0.1) is 0 Å². The van der Waals surface area contributed by atoms with Crippen molar-refractivity contribution in [2.45, 2.75) is 33.2 Å². The van der Waals surface area contributed by atoms with Gasteiger partial charge in [-0.1, -0.05) is 6.92 Å². The van der Waals surface area contributed by atoms with Crippen LogP contribution >= 0.6 is 0 Å². The molecule has 1 unspecified atom stereocenters. The first kappa shape index (κ1) is 15.9. The summed E-state index contributed by atoms with van der Waals surface area (Å²) in [5.74, 6) is -0.864. The first-order valence-corrected chi connectivity index (χ1v) is 7.65. The Morgan fingerprint density at radius 1 is 1.19 bits per heavy atom. The van der Waals surface area contributed by atoms with Crippen molar-refractivity contribution in [1.29, 1.82) is 0 Å². The second-order valence-corrected chi connectivity index (χ2v) is 5.43. The minimum Gasteiger partial charge on any atom is -0.368 e. The number of hydrogen-bond donors (Lipinski definition) is 1. The molecule has 21 heavy (non-hydrogen) atoms. The zero-order valence-corrected chi connectivity index (χ0v) is 13.0. The molecule has 4 nitrogen and oxygen atoms in total. The molecule has 2 heterocycles. The standard InChI is InChI=1S/C15H24F2N4/c1-4-11(3)20-6-8-21(9-7-20)15-13(17)10-12(16)14(19-15)18-5-2/h10-11H,4-9H2,1-3H3,(H,18,19). The number of nitrogens with one attached hydrogen (secondary N) is 1. The molecule has 0 radical (unpaired) electrons. The molecule has 1 saturated heterocycles. The molecule has 1 N–H and O–H groups in total. The minimum absolute atomic E-state index is 0.123. The van der Waals surface area contributed by atoms with Gasteiger partial charge in [0.1, 0.15) is 0 Å². The van der Waals surface area contributed by atoms with Gasteiger partial charge in [-0.3, -0.25) is 4.90 Å². The van der Waals surface area contributed by atoms with E-state index in [1.54, 1.807) is 0 Å². The lowest BCUT2D eigenvalue weighted by atomic mass is 10.2. The Morgan fingerprint density at radius 3 is 2.43 bits per heavy atom. The van der Waals surface area contributed by atoms with E-state index in [4.69, 9.17) is 0 Å². The van der Waals surface area contributed by atoms with Crippen LogP contribution in [0.3, 0.4) is 0 Å². The van der Waals surface area contributed by atoms with Gasteiger partial charge in [0, 0.05) is 44.8 Å². The maximum atomic E-state index is 14.0. The molecule has 1 aromatic heterocycles. The lowest BCUT2D eigenvalue weighted by Crippen LogP contribution is -2.50. The third kappa shape index (κ3) is 3.61. The van der Waals surface area contributed by atoms with Gasteiger partial charge in [0.2, 0.25) is 0 Å². The summed E-state index contributed by atoms with van der Waals surface area (Å²) in [6.07, 6.45) is 1.10. The minimum atomic E-state index is -0.642. The van der Waals surface area contributed by atoms with E-state index < -0.39 is 11.6 Å². The maximum Gasteiger partial charge on any atom is 0.168 e. The summed E-state index contributed by atoms with van der Waals surface area (Å²) in [7, 11) is 0. The van der Waals surface area contributed by atoms with E-state index in [-0.39, 0.29) is 11.6 Å². The predicted molar refractivity (Wildman–Crippen MR) is 81.9 cm³/mol. The number of nitrogens with zero attached hydrogens (tertiary/aromatic N) is 3. The van der Waals surface area contributed by atoms with Crippen LogP contribution in [0.15, 0.2) is 6.07 Å². The van der Waals surface area contributed by atoms with Gasteiger partial charge >= 0.3 is 0 Å². The second-order valence-electron chi connectivity index (χ2n) is 5.43. The van der Waals surface area contributed by atoms with E-state index >= 15 is 0 Å². The molecule has 118 valence electrons. The van der Waals surface area contributed by atoms with Crippen LogP contribution in [0.2, 0.25) is 0 Å². The zero-order valence-electron chi connectivity index (χ0n) is 13.0. The van der Waals surface area contributed by atoms with Crippen molar-refractivity contribution >= 4 is 11.6 Å².